The largest absolute Gasteiger partial charge is 0.387 e. The zero-order valence-corrected chi connectivity index (χ0v) is 8.63. The van der Waals surface area contributed by atoms with Crippen molar-refractivity contribution < 1.29 is 9.84 Å². The van der Waals surface area contributed by atoms with Crippen LogP contribution in [0.25, 0.3) is 0 Å². The first-order valence-electron chi connectivity index (χ1n) is 4.91. The van der Waals surface area contributed by atoms with E-state index < -0.39 is 11.2 Å². The summed E-state index contributed by atoms with van der Waals surface area (Å²) in [5, 5.41) is 10.3. The fourth-order valence-corrected chi connectivity index (χ4v) is 2.90. The summed E-state index contributed by atoms with van der Waals surface area (Å²) in [7, 11) is 1.69. The van der Waals surface area contributed by atoms with Crippen LogP contribution in [0.2, 0.25) is 0 Å². The minimum absolute atomic E-state index is 0.184. The van der Waals surface area contributed by atoms with Crippen molar-refractivity contribution in [1.82, 2.24) is 0 Å². The molecule has 74 valence electrons. The number of hydrogen-bond donors (Lipinski definition) is 1. The van der Waals surface area contributed by atoms with E-state index in [0.29, 0.717) is 0 Å². The molecule has 0 aliphatic heterocycles. The highest BCUT2D eigenvalue weighted by Crippen LogP contribution is 2.53. The molecule has 3 aliphatic carbocycles. The van der Waals surface area contributed by atoms with Crippen molar-refractivity contribution in [2.24, 2.45) is 5.41 Å². The van der Waals surface area contributed by atoms with Gasteiger partial charge in [0.2, 0.25) is 0 Å². The molecule has 0 aromatic heterocycles. The van der Waals surface area contributed by atoms with Gasteiger partial charge in [0.1, 0.15) is 5.60 Å². The van der Waals surface area contributed by atoms with Crippen LogP contribution >= 0.6 is 0 Å². The van der Waals surface area contributed by atoms with E-state index in [9.17, 15) is 5.11 Å². The number of methoxy groups -OCH3 is 1. The Kier molecular flexibility index (Phi) is 1.68. The zero-order chi connectivity index (χ0) is 9.74. The Labute approximate surface area is 79.6 Å². The van der Waals surface area contributed by atoms with E-state index in [4.69, 9.17) is 4.74 Å². The molecule has 1 fully saturated rings. The molecule has 0 aromatic rings. The summed E-state index contributed by atoms with van der Waals surface area (Å²) in [5.41, 5.74) is -0.946. The van der Waals surface area contributed by atoms with Crippen LogP contribution in [0.5, 0.6) is 0 Å². The van der Waals surface area contributed by atoms with Crippen LogP contribution in [0.4, 0.5) is 0 Å². The van der Waals surface area contributed by atoms with Crippen molar-refractivity contribution in [1.29, 1.82) is 0 Å². The van der Waals surface area contributed by atoms with Gasteiger partial charge in [0.05, 0.1) is 5.60 Å². The summed E-state index contributed by atoms with van der Waals surface area (Å²) >= 11 is 0. The van der Waals surface area contributed by atoms with E-state index in [2.05, 4.69) is 19.1 Å². The first-order valence-corrected chi connectivity index (χ1v) is 4.91. The predicted molar refractivity (Wildman–Crippen MR) is 51.5 cm³/mol. The molecule has 0 heterocycles. The Morgan fingerprint density at radius 3 is 2.31 bits per heavy atom. The first kappa shape index (κ1) is 9.22. The highest BCUT2D eigenvalue weighted by molar-refractivity contribution is 5.25. The Bertz CT molecular complexity index is 257. The molecule has 3 rings (SSSR count). The van der Waals surface area contributed by atoms with Gasteiger partial charge in [0.25, 0.3) is 0 Å². The lowest BCUT2D eigenvalue weighted by Gasteiger charge is -2.55. The predicted octanol–water partition coefficient (Wildman–Crippen LogP) is 1.88. The number of allylic oxidation sites excluding steroid dienone is 1. The maximum absolute atomic E-state index is 10.3. The van der Waals surface area contributed by atoms with Crippen molar-refractivity contribution in [2.75, 3.05) is 7.11 Å². The van der Waals surface area contributed by atoms with Crippen LogP contribution < -0.4 is 0 Å². The molecule has 0 spiro atoms. The molecule has 3 aliphatic rings. The Morgan fingerprint density at radius 2 is 1.92 bits per heavy atom. The van der Waals surface area contributed by atoms with E-state index in [0.717, 1.165) is 19.3 Å². The Balaban J connectivity index is 2.44. The summed E-state index contributed by atoms with van der Waals surface area (Å²) in [6, 6.07) is 0. The smallest absolute Gasteiger partial charge is 0.114 e. The molecule has 1 saturated carbocycles. The summed E-state index contributed by atoms with van der Waals surface area (Å²) in [6.07, 6.45) is 7.12. The summed E-state index contributed by atoms with van der Waals surface area (Å²) in [5.74, 6) is 0. The molecular weight excluding hydrogens is 164 g/mol. The lowest BCUT2D eigenvalue weighted by Crippen LogP contribution is -2.60. The lowest BCUT2D eigenvalue weighted by atomic mass is 9.57. The van der Waals surface area contributed by atoms with Gasteiger partial charge in [-0.2, -0.15) is 0 Å². The molecule has 0 aromatic carbocycles. The van der Waals surface area contributed by atoms with Crippen molar-refractivity contribution in [3.05, 3.63) is 12.2 Å². The number of hydrogen-bond acceptors (Lipinski definition) is 2. The molecule has 13 heavy (non-hydrogen) atoms. The third-order valence-corrected chi connectivity index (χ3v) is 3.85. The van der Waals surface area contributed by atoms with Crippen LogP contribution in [0, 0.1) is 5.41 Å². The quantitative estimate of drug-likeness (QED) is 0.627. The van der Waals surface area contributed by atoms with E-state index >= 15 is 0 Å². The summed E-state index contributed by atoms with van der Waals surface area (Å²) in [4.78, 5) is 0. The standard InChI is InChI=1S/C11H18O2/c1-9-4-6-11(13-3,7-5-9)10(2,12)8-9/h4,6,12H,5,7-8H2,1-3H3/t9-,10-,11-/m1/s1. The molecule has 2 heteroatoms. The maximum Gasteiger partial charge on any atom is 0.114 e. The van der Waals surface area contributed by atoms with Gasteiger partial charge in [0, 0.05) is 7.11 Å². The fourth-order valence-electron chi connectivity index (χ4n) is 2.90. The van der Waals surface area contributed by atoms with Crippen LogP contribution in [-0.4, -0.2) is 23.4 Å². The molecule has 0 saturated heterocycles. The normalized spacial score (nSPS) is 54.2. The molecular formula is C11H18O2. The molecule has 2 bridgehead atoms. The molecule has 1 N–H and O–H groups in total. The second-order valence-corrected chi connectivity index (χ2v) is 5.03. The van der Waals surface area contributed by atoms with Crippen molar-refractivity contribution in [3.8, 4) is 0 Å². The third kappa shape index (κ3) is 1.09. The van der Waals surface area contributed by atoms with E-state index in [1.54, 1.807) is 7.11 Å². The number of ether oxygens (including phenoxy) is 1. The minimum Gasteiger partial charge on any atom is -0.387 e. The molecule has 0 amide bonds. The van der Waals surface area contributed by atoms with Crippen LogP contribution in [0.3, 0.4) is 0 Å². The first-order chi connectivity index (χ1) is 5.93. The van der Waals surface area contributed by atoms with Gasteiger partial charge >= 0.3 is 0 Å². The van der Waals surface area contributed by atoms with Crippen LogP contribution in [-0.2, 0) is 4.74 Å². The van der Waals surface area contributed by atoms with Gasteiger partial charge in [-0.15, -0.1) is 0 Å². The van der Waals surface area contributed by atoms with Crippen LogP contribution in [0.1, 0.15) is 33.1 Å². The third-order valence-electron chi connectivity index (χ3n) is 3.85. The van der Waals surface area contributed by atoms with E-state index in [1.165, 1.54) is 0 Å². The molecule has 3 atom stereocenters. The van der Waals surface area contributed by atoms with Crippen LogP contribution in [0.15, 0.2) is 12.2 Å². The average molecular weight is 182 g/mol. The van der Waals surface area contributed by atoms with Gasteiger partial charge < -0.3 is 9.84 Å². The average Bonchev–Trinajstić information content (AvgIpc) is 2.03. The Morgan fingerprint density at radius 1 is 1.23 bits per heavy atom. The molecule has 2 nitrogen and oxygen atoms in total. The van der Waals surface area contributed by atoms with Gasteiger partial charge in [-0.25, -0.2) is 0 Å². The number of rotatable bonds is 1. The van der Waals surface area contributed by atoms with Crippen molar-refractivity contribution >= 4 is 0 Å². The van der Waals surface area contributed by atoms with Crippen molar-refractivity contribution in [2.45, 2.75) is 44.3 Å². The fraction of sp³-hybridized carbons (Fsp3) is 0.818. The highest BCUT2D eigenvalue weighted by Gasteiger charge is 2.56. The SMILES string of the molecule is CO[C@]12C=C[C@](C)(CC1)C[C@@]2(C)O. The minimum atomic E-state index is -0.705. The van der Waals surface area contributed by atoms with Gasteiger partial charge in [-0.05, 0) is 31.6 Å². The van der Waals surface area contributed by atoms with E-state index in [1.807, 2.05) is 6.92 Å². The molecule has 0 radical (unpaired) electrons. The second kappa shape index (κ2) is 2.37. The van der Waals surface area contributed by atoms with Crippen molar-refractivity contribution in [3.63, 3.8) is 0 Å². The summed E-state index contributed by atoms with van der Waals surface area (Å²) < 4.78 is 5.49. The monoisotopic (exact) mass is 182 g/mol. The van der Waals surface area contributed by atoms with Gasteiger partial charge in [0.15, 0.2) is 0 Å². The zero-order valence-electron chi connectivity index (χ0n) is 8.63. The maximum atomic E-state index is 10.3. The second-order valence-electron chi connectivity index (χ2n) is 5.03. The van der Waals surface area contributed by atoms with Gasteiger partial charge in [-0.1, -0.05) is 19.1 Å². The van der Waals surface area contributed by atoms with Gasteiger partial charge in [-0.3, -0.25) is 0 Å². The summed E-state index contributed by atoms with van der Waals surface area (Å²) in [6.45, 7) is 4.09. The lowest BCUT2D eigenvalue weighted by molar-refractivity contribution is -0.181. The highest BCUT2D eigenvalue weighted by atomic mass is 16.5. The number of aliphatic hydroxyl groups is 1. The van der Waals surface area contributed by atoms with E-state index in [-0.39, 0.29) is 5.41 Å². The topological polar surface area (TPSA) is 29.5 Å². The Hall–Kier alpha value is -0.340. The number of fused-ring (bicyclic) bond motifs is 2. The molecule has 0 unspecified atom stereocenters.